The van der Waals surface area contributed by atoms with Crippen LogP contribution in [0.2, 0.25) is 0 Å². The van der Waals surface area contributed by atoms with Crippen molar-refractivity contribution in [3.05, 3.63) is 58.6 Å². The zero-order valence-electron chi connectivity index (χ0n) is 15.3. The number of benzene rings is 1. The summed E-state index contributed by atoms with van der Waals surface area (Å²) in [4.78, 5) is 15.2. The predicted molar refractivity (Wildman–Crippen MR) is 105 cm³/mol. The molecule has 1 aliphatic carbocycles. The lowest BCUT2D eigenvalue weighted by Crippen LogP contribution is -2.30. The Balaban J connectivity index is 1.34. The molecule has 4 rings (SSSR count). The first-order valence-electron chi connectivity index (χ1n) is 9.48. The van der Waals surface area contributed by atoms with E-state index in [0.29, 0.717) is 18.0 Å². The Morgan fingerprint density at radius 3 is 2.89 bits per heavy atom. The normalized spacial score (nSPS) is 29.7. The molecule has 1 saturated heterocycles. The maximum Gasteiger partial charge on any atom is 0.355 e. The molecule has 28 heavy (non-hydrogen) atoms. The highest BCUT2D eigenvalue weighted by atomic mass is 32.1. The highest BCUT2D eigenvalue weighted by Crippen LogP contribution is 2.46. The Kier molecular flexibility index (Phi) is 5.75. The number of aliphatic hydroxyl groups excluding tert-OH is 1. The molecule has 6 nitrogen and oxygen atoms in total. The second kappa shape index (κ2) is 8.43. The Hall–Kier alpha value is -2.22. The van der Waals surface area contributed by atoms with Gasteiger partial charge in [0, 0.05) is 17.7 Å². The summed E-state index contributed by atoms with van der Waals surface area (Å²) in [5.74, 6) is 0.120. The largest absolute Gasteiger partial charge is 0.490 e. The van der Waals surface area contributed by atoms with Crippen molar-refractivity contribution in [2.75, 3.05) is 6.61 Å². The van der Waals surface area contributed by atoms with E-state index in [1.165, 1.54) is 11.3 Å². The Morgan fingerprint density at radius 1 is 1.32 bits per heavy atom. The SMILES string of the molecule is O=C(O)c1csc(C2CCC3C(CC(O)C3C=CCOc3ccccc3)O2)n1. The van der Waals surface area contributed by atoms with Crippen LogP contribution >= 0.6 is 11.3 Å². The highest BCUT2D eigenvalue weighted by Gasteiger charge is 2.45. The van der Waals surface area contributed by atoms with Crippen molar-refractivity contribution < 1.29 is 24.5 Å². The van der Waals surface area contributed by atoms with Gasteiger partial charge in [0.15, 0.2) is 5.69 Å². The van der Waals surface area contributed by atoms with Crippen molar-refractivity contribution in [3.8, 4) is 5.75 Å². The number of thiazole rings is 1. The third-order valence-corrected chi connectivity index (χ3v) is 6.39. The maximum atomic E-state index is 11.0. The smallest absolute Gasteiger partial charge is 0.355 e. The minimum Gasteiger partial charge on any atom is -0.490 e. The Labute approximate surface area is 167 Å². The van der Waals surface area contributed by atoms with Crippen LogP contribution in [0.25, 0.3) is 0 Å². The molecule has 5 atom stereocenters. The molecule has 7 heteroatoms. The molecule has 0 radical (unpaired) electrons. The number of carboxylic acids is 1. The van der Waals surface area contributed by atoms with Crippen molar-refractivity contribution in [1.29, 1.82) is 0 Å². The minimum atomic E-state index is -1.02. The fraction of sp³-hybridized carbons (Fsp3) is 0.429. The van der Waals surface area contributed by atoms with E-state index in [1.807, 2.05) is 42.5 Å². The van der Waals surface area contributed by atoms with Crippen molar-refractivity contribution in [3.63, 3.8) is 0 Å². The number of aromatic carboxylic acids is 1. The van der Waals surface area contributed by atoms with E-state index in [2.05, 4.69) is 4.98 Å². The van der Waals surface area contributed by atoms with E-state index in [-0.39, 0.29) is 29.7 Å². The van der Waals surface area contributed by atoms with E-state index in [4.69, 9.17) is 14.6 Å². The molecule has 2 aliphatic rings. The highest BCUT2D eigenvalue weighted by molar-refractivity contribution is 7.09. The van der Waals surface area contributed by atoms with Crippen LogP contribution in [-0.2, 0) is 4.74 Å². The average molecular weight is 401 g/mol. The molecular formula is C21H23NO5S. The Bertz CT molecular complexity index is 836. The van der Waals surface area contributed by atoms with Crippen LogP contribution in [0.1, 0.15) is 40.9 Å². The van der Waals surface area contributed by atoms with Gasteiger partial charge in [-0.3, -0.25) is 0 Å². The molecule has 1 aromatic heterocycles. The summed E-state index contributed by atoms with van der Waals surface area (Å²) < 4.78 is 11.9. The zero-order valence-corrected chi connectivity index (χ0v) is 16.1. The lowest BCUT2D eigenvalue weighted by Gasteiger charge is -2.33. The van der Waals surface area contributed by atoms with Gasteiger partial charge in [-0.15, -0.1) is 11.3 Å². The van der Waals surface area contributed by atoms with E-state index >= 15 is 0 Å². The molecule has 2 N–H and O–H groups in total. The molecule has 1 aromatic carbocycles. The van der Waals surface area contributed by atoms with Gasteiger partial charge in [0.25, 0.3) is 0 Å². The standard InChI is InChI=1S/C21H23NO5S/c23-17-11-19-15(14(17)7-4-10-26-13-5-2-1-3-6-13)8-9-18(27-19)20-22-16(12-28-20)21(24)25/h1-7,12,14-15,17-19,23H,8-11H2,(H,24,25). The molecule has 1 aliphatic heterocycles. The number of fused-ring (bicyclic) bond motifs is 1. The van der Waals surface area contributed by atoms with Crippen LogP contribution in [0, 0.1) is 11.8 Å². The molecule has 148 valence electrons. The summed E-state index contributed by atoms with van der Waals surface area (Å²) in [6.07, 6.45) is 5.66. The van der Waals surface area contributed by atoms with Gasteiger partial charge in [0.2, 0.25) is 0 Å². The summed E-state index contributed by atoms with van der Waals surface area (Å²) >= 11 is 1.32. The van der Waals surface area contributed by atoms with E-state index in [9.17, 15) is 9.90 Å². The van der Waals surface area contributed by atoms with Gasteiger partial charge in [-0.25, -0.2) is 9.78 Å². The molecule has 2 heterocycles. The minimum absolute atomic E-state index is 0.0318. The molecule has 2 fully saturated rings. The van der Waals surface area contributed by atoms with E-state index in [1.54, 1.807) is 5.38 Å². The number of rotatable bonds is 6. The van der Waals surface area contributed by atoms with Crippen molar-refractivity contribution in [1.82, 2.24) is 4.98 Å². The van der Waals surface area contributed by atoms with Gasteiger partial charge in [-0.05, 0) is 30.9 Å². The van der Waals surface area contributed by atoms with Crippen molar-refractivity contribution in [2.24, 2.45) is 11.8 Å². The lowest BCUT2D eigenvalue weighted by molar-refractivity contribution is -0.0767. The van der Waals surface area contributed by atoms with Crippen LogP contribution in [0.15, 0.2) is 47.9 Å². The van der Waals surface area contributed by atoms with Crippen molar-refractivity contribution >= 4 is 17.3 Å². The summed E-state index contributed by atoms with van der Waals surface area (Å²) in [5.41, 5.74) is 0.0661. The molecular weight excluding hydrogens is 378 g/mol. The quantitative estimate of drug-likeness (QED) is 0.718. The Morgan fingerprint density at radius 2 is 2.14 bits per heavy atom. The topological polar surface area (TPSA) is 88.9 Å². The van der Waals surface area contributed by atoms with Gasteiger partial charge >= 0.3 is 5.97 Å². The molecule has 5 unspecified atom stereocenters. The van der Waals surface area contributed by atoms with Gasteiger partial charge in [0.05, 0.1) is 12.2 Å². The first-order chi connectivity index (χ1) is 13.6. The number of aliphatic hydroxyl groups is 1. The summed E-state index contributed by atoms with van der Waals surface area (Å²) in [7, 11) is 0. The summed E-state index contributed by atoms with van der Waals surface area (Å²) in [5, 5.41) is 21.8. The first kappa shape index (κ1) is 19.1. The van der Waals surface area contributed by atoms with Crippen molar-refractivity contribution in [2.45, 2.75) is 37.6 Å². The fourth-order valence-corrected chi connectivity index (χ4v) is 4.98. The molecule has 1 saturated carbocycles. The van der Waals surface area contributed by atoms with Crippen LogP contribution in [0.3, 0.4) is 0 Å². The number of hydrogen-bond acceptors (Lipinski definition) is 6. The van der Waals surface area contributed by atoms with Gasteiger partial charge in [-0.2, -0.15) is 0 Å². The molecule has 0 spiro atoms. The second-order valence-corrected chi connectivity index (χ2v) is 8.10. The number of nitrogens with zero attached hydrogens (tertiary/aromatic N) is 1. The van der Waals surface area contributed by atoms with Gasteiger partial charge in [0.1, 0.15) is 23.5 Å². The number of para-hydroxylation sites is 1. The van der Waals surface area contributed by atoms with Crippen LogP contribution in [-0.4, -0.2) is 40.0 Å². The third-order valence-electron chi connectivity index (χ3n) is 5.46. The predicted octanol–water partition coefficient (Wildman–Crippen LogP) is 3.69. The fourth-order valence-electron chi connectivity index (χ4n) is 4.12. The number of ether oxygens (including phenoxy) is 2. The van der Waals surface area contributed by atoms with Crippen LogP contribution in [0.4, 0.5) is 0 Å². The number of carbonyl (C=O) groups is 1. The molecule has 0 amide bonds. The van der Waals surface area contributed by atoms with Gasteiger partial charge < -0.3 is 19.7 Å². The van der Waals surface area contributed by atoms with Crippen LogP contribution in [0.5, 0.6) is 5.75 Å². The third kappa shape index (κ3) is 4.11. The first-order valence-corrected chi connectivity index (χ1v) is 10.4. The monoisotopic (exact) mass is 401 g/mol. The van der Waals surface area contributed by atoms with E-state index < -0.39 is 12.1 Å². The van der Waals surface area contributed by atoms with E-state index in [0.717, 1.165) is 18.6 Å². The summed E-state index contributed by atoms with van der Waals surface area (Å²) in [6, 6.07) is 9.64. The zero-order chi connectivity index (χ0) is 19.5. The van der Waals surface area contributed by atoms with Gasteiger partial charge in [-0.1, -0.05) is 30.4 Å². The molecule has 0 bridgehead atoms. The molecule has 2 aromatic rings. The maximum absolute atomic E-state index is 11.0. The summed E-state index contributed by atoms with van der Waals surface area (Å²) in [6.45, 7) is 0.463. The second-order valence-electron chi connectivity index (χ2n) is 7.21. The average Bonchev–Trinajstić information content (AvgIpc) is 3.30. The number of carboxylic acid groups (broad SMARTS) is 1. The van der Waals surface area contributed by atoms with Crippen LogP contribution < -0.4 is 4.74 Å². The lowest BCUT2D eigenvalue weighted by atomic mass is 9.86. The number of aromatic nitrogens is 1. The number of hydrogen-bond donors (Lipinski definition) is 2.